The highest BCUT2D eigenvalue weighted by Gasteiger charge is 2.42. The van der Waals surface area contributed by atoms with E-state index in [0.717, 1.165) is 10.8 Å². The van der Waals surface area contributed by atoms with E-state index in [2.05, 4.69) is 5.32 Å². The number of methoxy groups -OCH3 is 1. The maximum Gasteiger partial charge on any atom is 0.412 e. The molecule has 6 heteroatoms. The van der Waals surface area contributed by atoms with Crippen LogP contribution in [-0.2, 0) is 4.79 Å². The SMILES string of the molecule is COc1ccc2cc([C@H](C)C(=O)NC(c3ccccc3)C(F)(F)F)ccc2c1. The highest BCUT2D eigenvalue weighted by molar-refractivity contribution is 5.88. The Hall–Kier alpha value is -3.02. The number of alkyl halides is 3. The van der Waals surface area contributed by atoms with Gasteiger partial charge in [0, 0.05) is 0 Å². The third kappa shape index (κ3) is 4.27. The van der Waals surface area contributed by atoms with Gasteiger partial charge in [-0.3, -0.25) is 4.79 Å². The van der Waals surface area contributed by atoms with Crippen LogP contribution in [-0.4, -0.2) is 19.2 Å². The average molecular weight is 387 g/mol. The fraction of sp³-hybridized carbons (Fsp3) is 0.227. The number of hydrogen-bond acceptors (Lipinski definition) is 2. The fourth-order valence-electron chi connectivity index (χ4n) is 3.06. The molecule has 3 rings (SSSR count). The fourth-order valence-corrected chi connectivity index (χ4v) is 3.06. The van der Waals surface area contributed by atoms with Gasteiger partial charge >= 0.3 is 6.18 Å². The number of hydrogen-bond donors (Lipinski definition) is 1. The molecular weight excluding hydrogens is 367 g/mol. The van der Waals surface area contributed by atoms with E-state index in [1.54, 1.807) is 32.2 Å². The molecule has 0 aromatic heterocycles. The zero-order valence-corrected chi connectivity index (χ0v) is 15.5. The lowest BCUT2D eigenvalue weighted by molar-refractivity contribution is -0.163. The Bertz CT molecular complexity index is 970. The van der Waals surface area contributed by atoms with Crippen molar-refractivity contribution >= 4 is 16.7 Å². The molecule has 0 saturated heterocycles. The first-order valence-electron chi connectivity index (χ1n) is 8.79. The number of rotatable bonds is 5. The van der Waals surface area contributed by atoms with E-state index in [-0.39, 0.29) is 5.56 Å². The van der Waals surface area contributed by atoms with E-state index < -0.39 is 24.0 Å². The van der Waals surface area contributed by atoms with Gasteiger partial charge in [0.25, 0.3) is 0 Å². The van der Waals surface area contributed by atoms with Crippen LogP contribution in [0.4, 0.5) is 13.2 Å². The number of amides is 1. The molecule has 2 atom stereocenters. The van der Waals surface area contributed by atoms with Crippen molar-refractivity contribution < 1.29 is 22.7 Å². The van der Waals surface area contributed by atoms with E-state index in [9.17, 15) is 18.0 Å². The zero-order valence-electron chi connectivity index (χ0n) is 15.5. The Kier molecular flexibility index (Phi) is 5.58. The van der Waals surface area contributed by atoms with Crippen molar-refractivity contribution in [3.05, 3.63) is 77.9 Å². The van der Waals surface area contributed by atoms with Crippen molar-refractivity contribution in [3.8, 4) is 5.75 Å². The normalized spacial score (nSPS) is 13.8. The van der Waals surface area contributed by atoms with Gasteiger partial charge in [0.1, 0.15) is 5.75 Å². The lowest BCUT2D eigenvalue weighted by Crippen LogP contribution is -2.40. The largest absolute Gasteiger partial charge is 0.497 e. The van der Waals surface area contributed by atoms with Crippen LogP contribution < -0.4 is 10.1 Å². The second kappa shape index (κ2) is 7.92. The summed E-state index contributed by atoms with van der Waals surface area (Å²) in [4.78, 5) is 12.6. The van der Waals surface area contributed by atoms with Crippen LogP contribution in [0.3, 0.4) is 0 Å². The van der Waals surface area contributed by atoms with E-state index in [1.807, 2.05) is 24.3 Å². The molecule has 0 aliphatic heterocycles. The van der Waals surface area contributed by atoms with Crippen LogP contribution in [0.15, 0.2) is 66.7 Å². The molecule has 0 bridgehead atoms. The van der Waals surface area contributed by atoms with Gasteiger partial charge in [-0.1, -0.05) is 54.6 Å². The molecule has 0 saturated carbocycles. The van der Waals surface area contributed by atoms with Crippen molar-refractivity contribution in [2.45, 2.75) is 25.1 Å². The zero-order chi connectivity index (χ0) is 20.3. The molecule has 1 N–H and O–H groups in total. The molecule has 0 fully saturated rings. The topological polar surface area (TPSA) is 38.3 Å². The number of ether oxygens (including phenoxy) is 1. The van der Waals surface area contributed by atoms with Crippen LogP contribution in [0.2, 0.25) is 0 Å². The smallest absolute Gasteiger partial charge is 0.412 e. The van der Waals surface area contributed by atoms with Crippen molar-refractivity contribution in [1.29, 1.82) is 0 Å². The number of carbonyl (C=O) groups excluding carboxylic acids is 1. The summed E-state index contributed by atoms with van der Waals surface area (Å²) in [5.41, 5.74) is 0.644. The molecule has 146 valence electrons. The second-order valence-electron chi connectivity index (χ2n) is 6.59. The summed E-state index contributed by atoms with van der Waals surface area (Å²) >= 11 is 0. The first-order valence-corrected chi connectivity index (χ1v) is 8.79. The maximum atomic E-state index is 13.5. The highest BCUT2D eigenvalue weighted by atomic mass is 19.4. The Balaban J connectivity index is 1.84. The summed E-state index contributed by atoms with van der Waals surface area (Å²) in [7, 11) is 1.58. The Morgan fingerprint density at radius 1 is 0.929 bits per heavy atom. The van der Waals surface area contributed by atoms with Crippen molar-refractivity contribution in [2.75, 3.05) is 7.11 Å². The van der Waals surface area contributed by atoms with Gasteiger partial charge in [-0.15, -0.1) is 0 Å². The summed E-state index contributed by atoms with van der Waals surface area (Å²) in [5, 5.41) is 3.96. The number of benzene rings is 3. The Labute approximate surface area is 161 Å². The molecule has 3 aromatic rings. The van der Waals surface area contributed by atoms with Crippen LogP contribution in [0.25, 0.3) is 10.8 Å². The van der Waals surface area contributed by atoms with Gasteiger partial charge in [-0.25, -0.2) is 0 Å². The average Bonchev–Trinajstić information content (AvgIpc) is 2.70. The molecule has 3 aromatic carbocycles. The predicted molar refractivity (Wildman–Crippen MR) is 102 cm³/mol. The molecule has 0 radical (unpaired) electrons. The third-order valence-electron chi connectivity index (χ3n) is 4.71. The predicted octanol–water partition coefficient (Wildman–Crippen LogP) is 5.37. The quantitative estimate of drug-likeness (QED) is 0.639. The van der Waals surface area contributed by atoms with Crippen LogP contribution >= 0.6 is 0 Å². The number of carbonyl (C=O) groups is 1. The molecular formula is C22H20F3NO2. The minimum Gasteiger partial charge on any atom is -0.497 e. The van der Waals surface area contributed by atoms with E-state index in [1.165, 1.54) is 24.3 Å². The van der Waals surface area contributed by atoms with Gasteiger partial charge in [0.05, 0.1) is 13.0 Å². The summed E-state index contributed by atoms with van der Waals surface area (Å²) in [6.07, 6.45) is -4.59. The molecule has 1 amide bonds. The Morgan fingerprint density at radius 3 is 2.21 bits per heavy atom. The highest BCUT2D eigenvalue weighted by Crippen LogP contribution is 2.33. The lowest BCUT2D eigenvalue weighted by Gasteiger charge is -2.24. The van der Waals surface area contributed by atoms with E-state index >= 15 is 0 Å². The third-order valence-corrected chi connectivity index (χ3v) is 4.71. The van der Waals surface area contributed by atoms with Crippen LogP contribution in [0, 0.1) is 0 Å². The minimum absolute atomic E-state index is 0.00107. The van der Waals surface area contributed by atoms with Crippen molar-refractivity contribution in [3.63, 3.8) is 0 Å². The standard InChI is InChI=1S/C22H20F3NO2/c1-14(16-8-9-18-13-19(28-2)11-10-17(18)12-16)21(27)26-20(22(23,24)25)15-6-4-3-5-7-15/h3-14,20H,1-2H3,(H,26,27)/t14-,20?/m0/s1. The number of fused-ring (bicyclic) bond motifs is 1. The van der Waals surface area contributed by atoms with Gasteiger partial charge < -0.3 is 10.1 Å². The molecule has 0 spiro atoms. The lowest BCUT2D eigenvalue weighted by atomic mass is 9.96. The maximum absolute atomic E-state index is 13.5. The van der Waals surface area contributed by atoms with E-state index in [0.29, 0.717) is 11.3 Å². The molecule has 28 heavy (non-hydrogen) atoms. The van der Waals surface area contributed by atoms with Crippen molar-refractivity contribution in [2.24, 2.45) is 0 Å². The summed E-state index contributed by atoms with van der Waals surface area (Å²) in [5.74, 6) is -0.707. The first kappa shape index (κ1) is 19.7. The summed E-state index contributed by atoms with van der Waals surface area (Å²) in [6.45, 7) is 1.60. The van der Waals surface area contributed by atoms with Crippen molar-refractivity contribution in [1.82, 2.24) is 5.32 Å². The summed E-state index contributed by atoms with van der Waals surface area (Å²) in [6, 6.07) is 16.2. The van der Waals surface area contributed by atoms with Crippen LogP contribution in [0.5, 0.6) is 5.75 Å². The Morgan fingerprint density at radius 2 is 1.57 bits per heavy atom. The molecule has 0 aliphatic carbocycles. The van der Waals surface area contributed by atoms with Gasteiger partial charge in [-0.2, -0.15) is 13.2 Å². The number of nitrogens with one attached hydrogen (secondary N) is 1. The summed E-state index contributed by atoms with van der Waals surface area (Å²) < 4.78 is 45.6. The molecule has 3 nitrogen and oxygen atoms in total. The monoisotopic (exact) mass is 387 g/mol. The second-order valence-corrected chi connectivity index (χ2v) is 6.59. The van der Waals surface area contributed by atoms with Gasteiger partial charge in [0.15, 0.2) is 6.04 Å². The number of halogens is 3. The van der Waals surface area contributed by atoms with Gasteiger partial charge in [-0.05, 0) is 41.0 Å². The minimum atomic E-state index is -4.59. The molecule has 0 aliphatic rings. The molecule has 1 unspecified atom stereocenters. The van der Waals surface area contributed by atoms with Crippen LogP contribution in [0.1, 0.15) is 30.0 Å². The van der Waals surface area contributed by atoms with Gasteiger partial charge in [0.2, 0.25) is 5.91 Å². The molecule has 0 heterocycles. The first-order chi connectivity index (χ1) is 13.3. The van der Waals surface area contributed by atoms with E-state index in [4.69, 9.17) is 4.74 Å².